The Balaban J connectivity index is 0.000000219. The molecule has 26 heavy (non-hydrogen) atoms. The highest BCUT2D eigenvalue weighted by Gasteiger charge is 1.93. The second-order valence-electron chi connectivity index (χ2n) is 5.21. The van der Waals surface area contributed by atoms with Gasteiger partial charge in [0, 0.05) is 40.9 Å². The van der Waals surface area contributed by atoms with Gasteiger partial charge in [-0.05, 0) is 48.6 Å². The predicted octanol–water partition coefficient (Wildman–Crippen LogP) is 6.74. The number of pyridine rings is 2. The molecule has 2 heteroatoms. The fourth-order valence-electron chi connectivity index (χ4n) is 2.34. The summed E-state index contributed by atoms with van der Waals surface area (Å²) < 4.78 is 0. The molecule has 0 aliphatic carbocycles. The second kappa shape index (κ2) is 11.6. The van der Waals surface area contributed by atoms with E-state index in [0.29, 0.717) is 0 Å². The maximum atomic E-state index is 4.07. The Kier molecular flexibility index (Phi) is 9.43. The van der Waals surface area contributed by atoms with Crippen molar-refractivity contribution >= 4 is 21.5 Å². The number of hydrogen-bond donors (Lipinski definition) is 0. The van der Waals surface area contributed by atoms with Gasteiger partial charge in [0.2, 0.25) is 0 Å². The van der Waals surface area contributed by atoms with E-state index in [1.165, 1.54) is 16.3 Å². The zero-order chi connectivity index (χ0) is 19.4. The summed E-state index contributed by atoms with van der Waals surface area (Å²) in [5, 5.41) is 4.71. The number of nitrogens with zero attached hydrogens (tertiary/aromatic N) is 2. The number of rotatable bonds is 0. The monoisotopic (exact) mass is 344 g/mol. The summed E-state index contributed by atoms with van der Waals surface area (Å²) in [4.78, 5) is 8.09. The maximum absolute atomic E-state index is 4.07. The van der Waals surface area contributed by atoms with E-state index < -0.39 is 0 Å². The van der Waals surface area contributed by atoms with Crippen molar-refractivity contribution in [2.45, 2.75) is 41.5 Å². The summed E-state index contributed by atoms with van der Waals surface area (Å²) >= 11 is 0. The molecule has 2 nitrogen and oxygen atoms in total. The summed E-state index contributed by atoms with van der Waals surface area (Å²) in [5.74, 6) is 0. The van der Waals surface area contributed by atoms with Crippen molar-refractivity contribution in [1.82, 2.24) is 9.97 Å². The molecule has 134 valence electrons. The molecular formula is C24H28N2. The fraction of sp³-hybridized carbons (Fsp3) is 0.250. The molecule has 0 unspecified atom stereocenters. The lowest BCUT2D eigenvalue weighted by Crippen LogP contribution is -1.78. The van der Waals surface area contributed by atoms with Gasteiger partial charge >= 0.3 is 0 Å². The Morgan fingerprint density at radius 3 is 2.15 bits per heavy atom. The average Bonchev–Trinajstić information content (AvgIpc) is 2.72. The molecule has 2 aromatic carbocycles. The van der Waals surface area contributed by atoms with Gasteiger partial charge in [-0.15, -0.1) is 0 Å². The van der Waals surface area contributed by atoms with E-state index >= 15 is 0 Å². The largest absolute Gasteiger partial charge is 0.264 e. The number of aromatic nitrogens is 2. The molecule has 2 aromatic heterocycles. The topological polar surface area (TPSA) is 25.8 Å². The van der Waals surface area contributed by atoms with Gasteiger partial charge in [-0.25, -0.2) is 0 Å². The Labute approximate surface area is 157 Å². The molecule has 0 saturated carbocycles. The zero-order valence-corrected chi connectivity index (χ0v) is 16.7. The normalized spacial score (nSPS) is 8.85. The van der Waals surface area contributed by atoms with E-state index in [1.807, 2.05) is 65.3 Å². The Hall–Kier alpha value is -2.92. The van der Waals surface area contributed by atoms with Crippen LogP contribution in [0, 0.1) is 26.0 Å². The van der Waals surface area contributed by atoms with Crippen LogP contribution in [0.15, 0.2) is 61.2 Å². The standard InChI is InChI=1S/C10H7N.C10H9N.2C2H6/c1-8-2-3-9-4-5-11-7-10(9)6-8;1-8-3-2-4-9-5-6-11-7-10(8)9;2*1-2/h4-7H,1H3;2-7H,1H3;2*1-2H3. The summed E-state index contributed by atoms with van der Waals surface area (Å²) in [7, 11) is 0. The van der Waals surface area contributed by atoms with Crippen LogP contribution in [0.1, 0.15) is 38.8 Å². The van der Waals surface area contributed by atoms with Crippen molar-refractivity contribution in [3.8, 4) is 0 Å². The SMILES string of the molecule is CC.CC.Cc1c#cc2ccncc2c1.Cc1cccc2ccncc12. The highest BCUT2D eigenvalue weighted by atomic mass is 14.6. The molecule has 0 aliphatic heterocycles. The second-order valence-corrected chi connectivity index (χ2v) is 5.21. The third-order valence-corrected chi connectivity index (χ3v) is 3.52. The number of aryl methyl sites for hydroxylation is 2. The van der Waals surface area contributed by atoms with Crippen molar-refractivity contribution < 1.29 is 0 Å². The third-order valence-electron chi connectivity index (χ3n) is 3.52. The minimum absolute atomic E-state index is 1.07. The first kappa shape index (κ1) is 21.1. The van der Waals surface area contributed by atoms with Gasteiger partial charge in [0.1, 0.15) is 0 Å². The number of fused-ring (bicyclic) bond motifs is 2. The van der Waals surface area contributed by atoms with Crippen LogP contribution in [0.4, 0.5) is 0 Å². The Morgan fingerprint density at radius 1 is 0.731 bits per heavy atom. The molecular weight excluding hydrogens is 316 g/mol. The van der Waals surface area contributed by atoms with Crippen LogP contribution in [-0.2, 0) is 0 Å². The first-order chi connectivity index (χ1) is 12.7. The predicted molar refractivity (Wildman–Crippen MR) is 113 cm³/mol. The maximum Gasteiger partial charge on any atom is 0.0353 e. The van der Waals surface area contributed by atoms with Crippen LogP contribution in [0.3, 0.4) is 0 Å². The van der Waals surface area contributed by atoms with Gasteiger partial charge in [-0.3, -0.25) is 9.97 Å². The van der Waals surface area contributed by atoms with Crippen molar-refractivity contribution in [2.24, 2.45) is 0 Å². The van der Waals surface area contributed by atoms with E-state index in [-0.39, 0.29) is 0 Å². The van der Waals surface area contributed by atoms with E-state index in [1.54, 1.807) is 6.20 Å². The molecule has 0 aliphatic rings. The van der Waals surface area contributed by atoms with Crippen molar-refractivity contribution in [2.75, 3.05) is 0 Å². The van der Waals surface area contributed by atoms with Gasteiger partial charge in [-0.2, -0.15) is 0 Å². The molecule has 4 rings (SSSR count). The van der Waals surface area contributed by atoms with Crippen LogP contribution in [0.2, 0.25) is 0 Å². The third kappa shape index (κ3) is 5.86. The first-order valence-corrected chi connectivity index (χ1v) is 9.18. The fourth-order valence-corrected chi connectivity index (χ4v) is 2.34. The van der Waals surface area contributed by atoms with Crippen LogP contribution in [0.5, 0.6) is 0 Å². The van der Waals surface area contributed by atoms with Crippen molar-refractivity contribution in [3.63, 3.8) is 0 Å². The highest BCUT2D eigenvalue weighted by molar-refractivity contribution is 5.84. The molecule has 0 N–H and O–H groups in total. The molecule has 0 bridgehead atoms. The summed E-state index contributed by atoms with van der Waals surface area (Å²) in [6, 6.07) is 18.4. The molecule has 0 atom stereocenters. The van der Waals surface area contributed by atoms with E-state index in [4.69, 9.17) is 0 Å². The summed E-state index contributed by atoms with van der Waals surface area (Å²) in [6.45, 7) is 12.1. The van der Waals surface area contributed by atoms with E-state index in [0.717, 1.165) is 16.3 Å². The minimum Gasteiger partial charge on any atom is -0.264 e. The van der Waals surface area contributed by atoms with Crippen LogP contribution in [0.25, 0.3) is 21.5 Å². The molecule has 0 radical (unpaired) electrons. The highest BCUT2D eigenvalue weighted by Crippen LogP contribution is 2.15. The summed E-state index contributed by atoms with van der Waals surface area (Å²) in [5.41, 5.74) is 2.39. The number of benzene rings is 1. The Bertz CT molecular complexity index is 902. The molecule has 0 amide bonds. The van der Waals surface area contributed by atoms with Crippen LogP contribution >= 0.6 is 0 Å². The quantitative estimate of drug-likeness (QED) is 0.353. The lowest BCUT2D eigenvalue weighted by Gasteiger charge is -1.98. The van der Waals surface area contributed by atoms with Crippen LogP contribution < -0.4 is 0 Å². The zero-order valence-electron chi connectivity index (χ0n) is 16.7. The lowest BCUT2D eigenvalue weighted by atomic mass is 10.1. The van der Waals surface area contributed by atoms with Gasteiger partial charge in [0.05, 0.1) is 0 Å². The van der Waals surface area contributed by atoms with Gasteiger partial charge in [0.25, 0.3) is 0 Å². The molecule has 4 aromatic rings. The molecule has 2 heterocycles. The average molecular weight is 345 g/mol. The minimum atomic E-state index is 1.07. The van der Waals surface area contributed by atoms with Crippen molar-refractivity contribution in [1.29, 1.82) is 0 Å². The van der Waals surface area contributed by atoms with E-state index in [9.17, 15) is 0 Å². The lowest BCUT2D eigenvalue weighted by molar-refractivity contribution is 1.35. The smallest absolute Gasteiger partial charge is 0.0353 e. The first-order valence-electron chi connectivity index (χ1n) is 9.18. The molecule has 0 saturated heterocycles. The number of hydrogen-bond acceptors (Lipinski definition) is 2. The van der Waals surface area contributed by atoms with Crippen molar-refractivity contribution in [3.05, 3.63) is 84.4 Å². The summed E-state index contributed by atoms with van der Waals surface area (Å²) in [6.07, 6.45) is 7.33. The molecule has 0 spiro atoms. The molecule has 0 fully saturated rings. The van der Waals surface area contributed by atoms with Crippen LogP contribution in [-0.4, -0.2) is 9.97 Å². The van der Waals surface area contributed by atoms with E-state index in [2.05, 4.69) is 53.3 Å². The van der Waals surface area contributed by atoms with Gasteiger partial charge < -0.3 is 0 Å². The Morgan fingerprint density at radius 2 is 1.42 bits per heavy atom. The van der Waals surface area contributed by atoms with Gasteiger partial charge in [-0.1, -0.05) is 58.0 Å². The van der Waals surface area contributed by atoms with Gasteiger partial charge in [0.15, 0.2) is 0 Å².